The third-order valence-electron chi connectivity index (χ3n) is 3.09. The Balaban J connectivity index is 2.07. The summed E-state index contributed by atoms with van der Waals surface area (Å²) in [6.45, 7) is 0.506. The summed E-state index contributed by atoms with van der Waals surface area (Å²) in [5.74, 6) is 0.244. The molecule has 5 nitrogen and oxygen atoms in total. The van der Waals surface area contributed by atoms with Gasteiger partial charge in [0, 0.05) is 18.8 Å². The third kappa shape index (κ3) is 4.03. The van der Waals surface area contributed by atoms with Crippen LogP contribution in [0.3, 0.4) is 0 Å². The van der Waals surface area contributed by atoms with Gasteiger partial charge in [0.05, 0.1) is 14.2 Å². The van der Waals surface area contributed by atoms with Crippen molar-refractivity contribution in [2.75, 3.05) is 14.2 Å². The highest BCUT2D eigenvalue weighted by Gasteiger charge is 2.20. The minimum Gasteiger partial charge on any atom is -0.481 e. The molecule has 2 aromatic rings. The first-order chi connectivity index (χ1) is 10.2. The second-order valence-corrected chi connectivity index (χ2v) is 4.46. The molecule has 0 aliphatic heterocycles. The molecule has 0 saturated heterocycles. The van der Waals surface area contributed by atoms with Crippen molar-refractivity contribution in [3.05, 3.63) is 59.8 Å². The molecule has 0 spiro atoms. The molecule has 0 fully saturated rings. The Bertz CT molecular complexity index is 570. The molecule has 0 amide bonds. The van der Waals surface area contributed by atoms with Gasteiger partial charge in [-0.15, -0.1) is 0 Å². The molecule has 5 heteroatoms. The first-order valence-electron chi connectivity index (χ1n) is 6.59. The Morgan fingerprint density at radius 3 is 2.52 bits per heavy atom. The van der Waals surface area contributed by atoms with E-state index < -0.39 is 6.04 Å². The van der Waals surface area contributed by atoms with Crippen LogP contribution in [0, 0.1) is 0 Å². The molecule has 1 N–H and O–H groups in total. The van der Waals surface area contributed by atoms with Gasteiger partial charge in [-0.25, -0.2) is 9.78 Å². The number of hydrogen-bond donors (Lipinski definition) is 1. The van der Waals surface area contributed by atoms with Crippen molar-refractivity contribution >= 4 is 5.97 Å². The quantitative estimate of drug-likeness (QED) is 0.824. The lowest BCUT2D eigenvalue weighted by atomic mass is 10.1. The van der Waals surface area contributed by atoms with Crippen LogP contribution in [-0.2, 0) is 16.1 Å². The number of carbonyl (C=O) groups is 1. The average molecular weight is 286 g/mol. The molecule has 0 saturated carbocycles. The number of methoxy groups -OCH3 is 2. The fraction of sp³-hybridized carbons (Fsp3) is 0.250. The van der Waals surface area contributed by atoms with Crippen LogP contribution in [0.2, 0.25) is 0 Å². The van der Waals surface area contributed by atoms with Crippen molar-refractivity contribution in [3.63, 3.8) is 0 Å². The Hall–Kier alpha value is -2.40. The van der Waals surface area contributed by atoms with Crippen molar-refractivity contribution in [3.8, 4) is 5.88 Å². The van der Waals surface area contributed by atoms with E-state index in [1.54, 1.807) is 19.4 Å². The van der Waals surface area contributed by atoms with Gasteiger partial charge in [0.15, 0.2) is 0 Å². The lowest BCUT2D eigenvalue weighted by Crippen LogP contribution is -2.29. The number of benzene rings is 1. The summed E-state index contributed by atoms with van der Waals surface area (Å²) in [6, 6.07) is 12.7. The van der Waals surface area contributed by atoms with Gasteiger partial charge in [0.2, 0.25) is 5.88 Å². The molecule has 21 heavy (non-hydrogen) atoms. The van der Waals surface area contributed by atoms with Crippen LogP contribution in [0.5, 0.6) is 5.88 Å². The number of rotatable bonds is 6. The van der Waals surface area contributed by atoms with E-state index in [-0.39, 0.29) is 5.97 Å². The van der Waals surface area contributed by atoms with Gasteiger partial charge in [0.25, 0.3) is 0 Å². The van der Waals surface area contributed by atoms with Gasteiger partial charge in [-0.05, 0) is 11.1 Å². The molecule has 0 aliphatic carbocycles. The molecule has 1 unspecified atom stereocenters. The Kier molecular flexibility index (Phi) is 5.29. The van der Waals surface area contributed by atoms with Crippen LogP contribution in [0.25, 0.3) is 0 Å². The van der Waals surface area contributed by atoms with E-state index in [9.17, 15) is 4.79 Å². The van der Waals surface area contributed by atoms with Crippen LogP contribution < -0.4 is 10.1 Å². The van der Waals surface area contributed by atoms with Crippen molar-refractivity contribution in [2.24, 2.45) is 0 Å². The van der Waals surface area contributed by atoms with Gasteiger partial charge < -0.3 is 9.47 Å². The average Bonchev–Trinajstić information content (AvgIpc) is 2.56. The summed E-state index contributed by atoms with van der Waals surface area (Å²) in [5, 5.41) is 3.19. The molecule has 2 rings (SSSR count). The molecule has 0 bridgehead atoms. The zero-order chi connectivity index (χ0) is 15.1. The number of pyridine rings is 1. The number of ether oxygens (including phenoxy) is 2. The molecule has 110 valence electrons. The minimum atomic E-state index is -0.502. The molecule has 1 aromatic carbocycles. The van der Waals surface area contributed by atoms with Gasteiger partial charge in [-0.2, -0.15) is 0 Å². The maximum atomic E-state index is 11.9. The largest absolute Gasteiger partial charge is 0.481 e. The van der Waals surface area contributed by atoms with Gasteiger partial charge in [-0.1, -0.05) is 36.4 Å². The minimum absolute atomic E-state index is 0.317. The van der Waals surface area contributed by atoms with Gasteiger partial charge in [0.1, 0.15) is 6.04 Å². The first kappa shape index (κ1) is 15.0. The van der Waals surface area contributed by atoms with E-state index in [1.807, 2.05) is 36.4 Å². The lowest BCUT2D eigenvalue weighted by Gasteiger charge is -2.16. The second kappa shape index (κ2) is 7.40. The highest BCUT2D eigenvalue weighted by molar-refractivity contribution is 5.77. The number of esters is 1. The van der Waals surface area contributed by atoms with E-state index in [1.165, 1.54) is 7.11 Å². The van der Waals surface area contributed by atoms with Crippen molar-refractivity contribution in [1.29, 1.82) is 0 Å². The zero-order valence-corrected chi connectivity index (χ0v) is 12.1. The second-order valence-electron chi connectivity index (χ2n) is 4.46. The predicted octanol–water partition coefficient (Wildman–Crippen LogP) is 2.09. The van der Waals surface area contributed by atoms with Crippen LogP contribution >= 0.6 is 0 Å². The molecular formula is C16H18N2O3. The summed E-state index contributed by atoms with van der Waals surface area (Å²) in [5.41, 5.74) is 1.83. The van der Waals surface area contributed by atoms with E-state index >= 15 is 0 Å². The molecule has 1 aromatic heterocycles. The predicted molar refractivity (Wildman–Crippen MR) is 78.8 cm³/mol. The van der Waals surface area contributed by atoms with Crippen molar-refractivity contribution < 1.29 is 14.3 Å². The fourth-order valence-electron chi connectivity index (χ4n) is 1.96. The highest BCUT2D eigenvalue weighted by Crippen LogP contribution is 2.15. The molecule has 0 radical (unpaired) electrons. The molecule has 1 heterocycles. The van der Waals surface area contributed by atoms with E-state index in [2.05, 4.69) is 10.3 Å². The zero-order valence-electron chi connectivity index (χ0n) is 12.1. The Labute approximate surface area is 123 Å². The maximum absolute atomic E-state index is 11.9. The summed E-state index contributed by atoms with van der Waals surface area (Å²) < 4.78 is 9.87. The monoisotopic (exact) mass is 286 g/mol. The van der Waals surface area contributed by atoms with Gasteiger partial charge >= 0.3 is 5.97 Å². The SMILES string of the molecule is COC(=O)C(NCc1ccc(OC)nc1)c1ccccc1. The number of hydrogen-bond acceptors (Lipinski definition) is 5. The highest BCUT2D eigenvalue weighted by atomic mass is 16.5. The third-order valence-corrected chi connectivity index (χ3v) is 3.09. The number of nitrogens with one attached hydrogen (secondary N) is 1. The standard InChI is InChI=1S/C16H18N2O3/c1-20-14-9-8-12(10-17-14)11-18-15(16(19)21-2)13-6-4-3-5-7-13/h3-10,15,18H,11H2,1-2H3. The lowest BCUT2D eigenvalue weighted by molar-refractivity contribution is -0.143. The number of aromatic nitrogens is 1. The Morgan fingerprint density at radius 2 is 1.95 bits per heavy atom. The fourth-order valence-corrected chi connectivity index (χ4v) is 1.96. The van der Waals surface area contributed by atoms with Gasteiger partial charge in [-0.3, -0.25) is 5.32 Å². The van der Waals surface area contributed by atoms with Crippen LogP contribution in [0.4, 0.5) is 0 Å². The smallest absolute Gasteiger partial charge is 0.327 e. The summed E-state index contributed by atoms with van der Waals surface area (Å²) in [6.07, 6.45) is 1.71. The normalized spacial score (nSPS) is 11.7. The first-order valence-corrected chi connectivity index (χ1v) is 6.59. The topological polar surface area (TPSA) is 60.5 Å². The number of carbonyl (C=O) groups excluding carboxylic acids is 1. The van der Waals surface area contributed by atoms with Crippen molar-refractivity contribution in [1.82, 2.24) is 10.3 Å². The van der Waals surface area contributed by atoms with E-state index in [0.29, 0.717) is 12.4 Å². The summed E-state index contributed by atoms with van der Waals surface area (Å²) in [4.78, 5) is 16.0. The van der Waals surface area contributed by atoms with E-state index in [4.69, 9.17) is 9.47 Å². The molecular weight excluding hydrogens is 268 g/mol. The molecule has 0 aliphatic rings. The van der Waals surface area contributed by atoms with Crippen LogP contribution in [-0.4, -0.2) is 25.2 Å². The number of nitrogens with zero attached hydrogens (tertiary/aromatic N) is 1. The van der Waals surface area contributed by atoms with Crippen LogP contribution in [0.1, 0.15) is 17.2 Å². The Morgan fingerprint density at radius 1 is 1.19 bits per heavy atom. The van der Waals surface area contributed by atoms with E-state index in [0.717, 1.165) is 11.1 Å². The summed E-state index contributed by atoms with van der Waals surface area (Å²) >= 11 is 0. The summed E-state index contributed by atoms with van der Waals surface area (Å²) in [7, 11) is 2.96. The molecule has 1 atom stereocenters. The maximum Gasteiger partial charge on any atom is 0.327 e. The van der Waals surface area contributed by atoms with Crippen molar-refractivity contribution in [2.45, 2.75) is 12.6 Å². The van der Waals surface area contributed by atoms with Crippen LogP contribution in [0.15, 0.2) is 48.7 Å².